The molecule has 1 heterocycles. The fourth-order valence-corrected chi connectivity index (χ4v) is 1.47. The molecule has 7 heteroatoms. The Bertz CT molecular complexity index is 665. The molecule has 0 amide bonds. The van der Waals surface area contributed by atoms with E-state index in [0.717, 1.165) is 12.1 Å². The molecule has 0 saturated heterocycles. The second kappa shape index (κ2) is 4.18. The van der Waals surface area contributed by atoms with Crippen LogP contribution in [-0.2, 0) is 0 Å². The summed E-state index contributed by atoms with van der Waals surface area (Å²) in [6, 6.07) is 5.43. The minimum atomic E-state index is -0.827. The van der Waals surface area contributed by atoms with Crippen molar-refractivity contribution in [3.63, 3.8) is 0 Å². The van der Waals surface area contributed by atoms with Crippen molar-refractivity contribution in [1.82, 2.24) is 9.97 Å². The van der Waals surface area contributed by atoms with Gasteiger partial charge < -0.3 is 16.6 Å². The van der Waals surface area contributed by atoms with Crippen LogP contribution in [0.4, 0.5) is 16.2 Å². The molecular weight excluding hydrogens is 237 g/mol. The summed E-state index contributed by atoms with van der Waals surface area (Å²) in [4.78, 5) is 7.51. The van der Waals surface area contributed by atoms with E-state index < -0.39 is 11.6 Å². The maximum absolute atomic E-state index is 13.3. The van der Waals surface area contributed by atoms with E-state index in [2.05, 4.69) is 9.97 Å². The molecule has 0 aliphatic carbocycles. The van der Waals surface area contributed by atoms with Gasteiger partial charge in [0.1, 0.15) is 17.5 Å². The highest BCUT2D eigenvalue weighted by Gasteiger charge is 2.14. The quantitative estimate of drug-likeness (QED) is 0.689. The van der Waals surface area contributed by atoms with Crippen LogP contribution in [0.2, 0.25) is 0 Å². The number of aromatic nitrogens is 2. The van der Waals surface area contributed by atoms with Gasteiger partial charge in [-0.05, 0) is 18.2 Å². The number of nitrogens with zero attached hydrogens (tertiary/aromatic N) is 3. The first kappa shape index (κ1) is 11.6. The van der Waals surface area contributed by atoms with E-state index >= 15 is 0 Å². The van der Waals surface area contributed by atoms with Crippen molar-refractivity contribution < 1.29 is 9.50 Å². The van der Waals surface area contributed by atoms with Gasteiger partial charge in [-0.1, -0.05) is 0 Å². The highest BCUT2D eigenvalue weighted by atomic mass is 19.1. The summed E-state index contributed by atoms with van der Waals surface area (Å²) < 4.78 is 13.3. The minimum Gasteiger partial charge on any atom is -0.505 e. The number of hydrogen-bond donors (Lipinski definition) is 3. The Labute approximate surface area is 101 Å². The third-order valence-electron chi connectivity index (χ3n) is 2.29. The summed E-state index contributed by atoms with van der Waals surface area (Å²) in [6.07, 6.45) is 0. The normalized spacial score (nSPS) is 10.0. The molecule has 0 unspecified atom stereocenters. The average Bonchev–Trinajstić information content (AvgIpc) is 2.32. The molecule has 0 aliphatic rings. The number of phenols is 1. The molecule has 0 saturated carbocycles. The van der Waals surface area contributed by atoms with Crippen molar-refractivity contribution in [2.45, 2.75) is 0 Å². The zero-order chi connectivity index (χ0) is 13.3. The van der Waals surface area contributed by atoms with Gasteiger partial charge in [-0.2, -0.15) is 10.2 Å². The topological polar surface area (TPSA) is 122 Å². The summed E-state index contributed by atoms with van der Waals surface area (Å²) >= 11 is 0. The second-order valence-electron chi connectivity index (χ2n) is 3.47. The first-order valence-electron chi connectivity index (χ1n) is 4.85. The first-order valence-corrected chi connectivity index (χ1v) is 4.85. The van der Waals surface area contributed by atoms with Crippen LogP contribution in [0.5, 0.6) is 5.75 Å². The highest BCUT2D eigenvalue weighted by Crippen LogP contribution is 2.28. The maximum Gasteiger partial charge on any atom is 0.222 e. The van der Waals surface area contributed by atoms with Crippen LogP contribution < -0.4 is 11.5 Å². The fourth-order valence-electron chi connectivity index (χ4n) is 1.47. The number of anilines is 2. The molecule has 0 radical (unpaired) electrons. The molecule has 1 aromatic heterocycles. The second-order valence-corrected chi connectivity index (χ2v) is 3.47. The van der Waals surface area contributed by atoms with Crippen LogP contribution in [0.15, 0.2) is 18.2 Å². The van der Waals surface area contributed by atoms with Gasteiger partial charge in [-0.25, -0.2) is 9.37 Å². The molecule has 0 spiro atoms. The Morgan fingerprint density at radius 2 is 2.00 bits per heavy atom. The lowest BCUT2D eigenvalue weighted by Gasteiger charge is -2.07. The van der Waals surface area contributed by atoms with E-state index in [1.54, 1.807) is 0 Å². The number of rotatable bonds is 1. The Morgan fingerprint density at radius 1 is 1.28 bits per heavy atom. The number of phenolic OH excluding ortho intramolecular Hbond substituents is 1. The van der Waals surface area contributed by atoms with Gasteiger partial charge in [0.2, 0.25) is 5.95 Å². The molecule has 0 bridgehead atoms. The van der Waals surface area contributed by atoms with Crippen LogP contribution in [-0.4, -0.2) is 15.1 Å². The molecular formula is C11H8FN5O. The van der Waals surface area contributed by atoms with Crippen molar-refractivity contribution in [1.29, 1.82) is 5.26 Å². The highest BCUT2D eigenvalue weighted by molar-refractivity contribution is 5.73. The van der Waals surface area contributed by atoms with Crippen LogP contribution in [0.1, 0.15) is 5.56 Å². The first-order chi connectivity index (χ1) is 8.52. The predicted molar refractivity (Wildman–Crippen MR) is 62.6 cm³/mol. The van der Waals surface area contributed by atoms with Crippen molar-refractivity contribution in [3.05, 3.63) is 29.6 Å². The summed E-state index contributed by atoms with van der Waals surface area (Å²) in [5, 5.41) is 18.1. The Kier molecular flexibility index (Phi) is 2.69. The smallest absolute Gasteiger partial charge is 0.222 e. The van der Waals surface area contributed by atoms with Gasteiger partial charge in [-0.15, -0.1) is 0 Å². The van der Waals surface area contributed by atoms with Gasteiger partial charge in [0, 0.05) is 5.56 Å². The number of aromatic hydroxyl groups is 1. The molecule has 90 valence electrons. The lowest BCUT2D eigenvalue weighted by atomic mass is 10.1. The van der Waals surface area contributed by atoms with E-state index in [1.807, 2.05) is 6.07 Å². The molecule has 6 nitrogen and oxygen atoms in total. The van der Waals surface area contributed by atoms with Crippen LogP contribution in [0.3, 0.4) is 0 Å². The van der Waals surface area contributed by atoms with Gasteiger partial charge >= 0.3 is 0 Å². The number of hydrogen-bond acceptors (Lipinski definition) is 6. The third-order valence-corrected chi connectivity index (χ3v) is 2.29. The van der Waals surface area contributed by atoms with Crippen LogP contribution in [0.25, 0.3) is 11.3 Å². The molecule has 18 heavy (non-hydrogen) atoms. The monoisotopic (exact) mass is 245 g/mol. The molecule has 2 aromatic rings. The average molecular weight is 245 g/mol. The van der Waals surface area contributed by atoms with E-state index in [1.165, 1.54) is 6.07 Å². The van der Waals surface area contributed by atoms with Crippen molar-refractivity contribution >= 4 is 11.8 Å². The summed E-state index contributed by atoms with van der Waals surface area (Å²) in [5.74, 6) is -1.51. The van der Waals surface area contributed by atoms with Crippen LogP contribution >= 0.6 is 0 Å². The number of nitrogens with two attached hydrogens (primary N) is 2. The predicted octanol–water partition coefficient (Wildman–Crippen LogP) is 1.02. The van der Waals surface area contributed by atoms with Crippen molar-refractivity contribution in [2.75, 3.05) is 11.5 Å². The Balaban J connectivity index is 2.70. The van der Waals surface area contributed by atoms with E-state index in [9.17, 15) is 4.39 Å². The molecule has 0 aliphatic heterocycles. The lowest BCUT2D eigenvalue weighted by molar-refractivity contribution is 0.432. The van der Waals surface area contributed by atoms with E-state index in [-0.39, 0.29) is 28.6 Å². The summed E-state index contributed by atoms with van der Waals surface area (Å²) in [7, 11) is 0. The van der Waals surface area contributed by atoms with E-state index in [0.29, 0.717) is 0 Å². The summed E-state index contributed by atoms with van der Waals surface area (Å²) in [5.41, 5.74) is 11.4. The van der Waals surface area contributed by atoms with Gasteiger partial charge in [0.15, 0.2) is 11.6 Å². The van der Waals surface area contributed by atoms with Crippen molar-refractivity contribution in [2.24, 2.45) is 0 Å². The SMILES string of the molecule is N#Cc1c(N)nc(N)nc1-c1ccc(O)c(F)c1. The molecule has 2 rings (SSSR count). The number of benzene rings is 1. The van der Waals surface area contributed by atoms with Crippen LogP contribution in [0, 0.1) is 17.1 Å². The van der Waals surface area contributed by atoms with Gasteiger partial charge in [0.05, 0.1) is 5.69 Å². The minimum absolute atomic E-state index is 0.00860. The Morgan fingerprint density at radius 3 is 2.61 bits per heavy atom. The lowest BCUT2D eigenvalue weighted by Crippen LogP contribution is -2.05. The van der Waals surface area contributed by atoms with Crippen molar-refractivity contribution in [3.8, 4) is 23.1 Å². The Hall–Kier alpha value is -2.88. The van der Waals surface area contributed by atoms with E-state index in [4.69, 9.17) is 21.8 Å². The van der Waals surface area contributed by atoms with Gasteiger partial charge in [-0.3, -0.25) is 0 Å². The standard InChI is InChI=1S/C11H8FN5O/c12-7-3-5(1-2-8(7)18)9-6(4-13)10(14)17-11(15)16-9/h1-3,18H,(H4,14,15,16,17). The third kappa shape index (κ3) is 1.87. The fraction of sp³-hybridized carbons (Fsp3) is 0. The maximum atomic E-state index is 13.3. The largest absolute Gasteiger partial charge is 0.505 e. The molecule has 5 N–H and O–H groups in total. The zero-order valence-corrected chi connectivity index (χ0v) is 9.05. The zero-order valence-electron chi connectivity index (χ0n) is 9.05. The number of nitriles is 1. The molecule has 1 aromatic carbocycles. The molecule has 0 atom stereocenters. The number of nitrogen functional groups attached to an aromatic ring is 2. The number of halogens is 1. The summed E-state index contributed by atoms with van der Waals surface area (Å²) in [6.45, 7) is 0. The van der Waals surface area contributed by atoms with Gasteiger partial charge in [0.25, 0.3) is 0 Å². The molecule has 0 fully saturated rings.